The van der Waals surface area contributed by atoms with Crippen LogP contribution in [0.1, 0.15) is 59.2 Å². The number of hydrogen-bond donors (Lipinski definition) is 1. The van der Waals surface area contributed by atoms with Crippen LogP contribution >= 0.6 is 0 Å². The number of anilines is 1. The van der Waals surface area contributed by atoms with E-state index in [1.165, 1.54) is 43.7 Å². The highest BCUT2D eigenvalue weighted by Gasteiger charge is 2.31. The van der Waals surface area contributed by atoms with Gasteiger partial charge in [-0.25, -0.2) is 4.39 Å². The van der Waals surface area contributed by atoms with E-state index in [-0.39, 0.29) is 5.91 Å². The van der Waals surface area contributed by atoms with Gasteiger partial charge in [0.05, 0.1) is 17.6 Å². The number of nitrogens with zero attached hydrogens (tertiary/aromatic N) is 1. The molecular weight excluding hydrogens is 411 g/mol. The van der Waals surface area contributed by atoms with E-state index in [2.05, 4.69) is 31.0 Å². The van der Waals surface area contributed by atoms with Gasteiger partial charge >= 0.3 is 0 Å². The van der Waals surface area contributed by atoms with Gasteiger partial charge in [0.2, 0.25) is 0 Å². The van der Waals surface area contributed by atoms with Crippen molar-refractivity contribution in [2.24, 2.45) is 5.92 Å². The third-order valence-electron chi connectivity index (χ3n) is 6.90. The number of halogens is 1. The van der Waals surface area contributed by atoms with E-state index in [9.17, 15) is 9.18 Å². The summed E-state index contributed by atoms with van der Waals surface area (Å²) in [5.41, 5.74) is 6.45. The molecule has 2 aromatic rings. The van der Waals surface area contributed by atoms with Crippen molar-refractivity contribution in [2.75, 3.05) is 11.9 Å². The largest absolute Gasteiger partial charge is 0.355 e. The molecular formula is C29H33FN2O. The molecule has 0 aromatic heterocycles. The molecule has 4 rings (SSSR count). The van der Waals surface area contributed by atoms with Crippen molar-refractivity contribution in [3.8, 4) is 0 Å². The van der Waals surface area contributed by atoms with Crippen LogP contribution in [0.25, 0.3) is 0 Å². The molecule has 0 atom stereocenters. The van der Waals surface area contributed by atoms with Gasteiger partial charge in [-0.3, -0.25) is 4.79 Å². The summed E-state index contributed by atoms with van der Waals surface area (Å²) in [6, 6.07) is 14.1. The van der Waals surface area contributed by atoms with Gasteiger partial charge in [0, 0.05) is 18.8 Å². The van der Waals surface area contributed by atoms with Gasteiger partial charge in [-0.1, -0.05) is 68.3 Å². The molecule has 1 aliphatic carbocycles. The number of rotatable bonds is 8. The second-order valence-electron chi connectivity index (χ2n) is 9.25. The minimum Gasteiger partial charge on any atom is -0.355 e. The topological polar surface area (TPSA) is 32.3 Å². The van der Waals surface area contributed by atoms with Crippen LogP contribution in [0.2, 0.25) is 0 Å². The van der Waals surface area contributed by atoms with Crippen LogP contribution in [0.3, 0.4) is 0 Å². The van der Waals surface area contributed by atoms with E-state index in [0.717, 1.165) is 34.5 Å². The average molecular weight is 445 g/mol. The Hall–Kier alpha value is -3.14. The zero-order chi connectivity index (χ0) is 23.2. The average Bonchev–Trinajstić information content (AvgIpc) is 3.14. The molecule has 1 N–H and O–H groups in total. The second-order valence-corrected chi connectivity index (χ2v) is 9.25. The van der Waals surface area contributed by atoms with Crippen LogP contribution in [0.4, 0.5) is 10.1 Å². The van der Waals surface area contributed by atoms with E-state index in [4.69, 9.17) is 0 Å². The van der Waals surface area contributed by atoms with Gasteiger partial charge in [-0.2, -0.15) is 0 Å². The number of amides is 1. The zero-order valence-electron chi connectivity index (χ0n) is 19.4. The third-order valence-corrected chi connectivity index (χ3v) is 6.90. The minimum atomic E-state index is 0.0968. The summed E-state index contributed by atoms with van der Waals surface area (Å²) in [6.45, 7) is 7.81. The number of fused-ring (bicyclic) bond motifs is 1. The van der Waals surface area contributed by atoms with Crippen LogP contribution < -0.4 is 5.32 Å². The smallest absolute Gasteiger partial charge is 0.256 e. The number of allylic oxidation sites excluding steroid dienone is 3. The Labute approximate surface area is 196 Å². The van der Waals surface area contributed by atoms with Gasteiger partial charge < -0.3 is 10.2 Å². The zero-order valence-corrected chi connectivity index (χ0v) is 19.4. The Morgan fingerprint density at radius 2 is 1.94 bits per heavy atom. The lowest BCUT2D eigenvalue weighted by Crippen LogP contribution is -2.31. The number of benzene rings is 2. The Morgan fingerprint density at radius 3 is 2.70 bits per heavy atom. The van der Waals surface area contributed by atoms with Crippen LogP contribution in [0, 0.1) is 12.8 Å². The Kier molecular flexibility index (Phi) is 7.43. The van der Waals surface area contributed by atoms with E-state index in [1.807, 2.05) is 35.2 Å². The summed E-state index contributed by atoms with van der Waals surface area (Å²) in [5.74, 6) is 0.707. The van der Waals surface area contributed by atoms with E-state index in [0.29, 0.717) is 30.9 Å². The standard InChI is InChI=1S/C29H33FN2O/c1-21-10-6-7-13-24(21)18-25(15-9-17-30)22(2)31-27-16-8-14-26-20-32(29(33)28(26)27)19-23-11-4-3-5-12-23/h6-10,13-17,23,31H,2-5,11-12,18-20H2,1H3/b17-9+,25-15+. The number of carbonyl (C=O) groups is 1. The highest BCUT2D eigenvalue weighted by atomic mass is 19.1. The van der Waals surface area contributed by atoms with E-state index >= 15 is 0 Å². The molecule has 4 heteroatoms. The minimum absolute atomic E-state index is 0.0968. The summed E-state index contributed by atoms with van der Waals surface area (Å²) < 4.78 is 12.8. The summed E-state index contributed by atoms with van der Waals surface area (Å²) in [4.78, 5) is 15.3. The molecule has 0 bridgehead atoms. The van der Waals surface area contributed by atoms with Crippen molar-refractivity contribution in [2.45, 2.75) is 52.0 Å². The van der Waals surface area contributed by atoms with Crippen molar-refractivity contribution in [1.82, 2.24) is 4.90 Å². The van der Waals surface area contributed by atoms with Crippen molar-refractivity contribution in [1.29, 1.82) is 0 Å². The van der Waals surface area contributed by atoms with Gasteiger partial charge in [0.15, 0.2) is 0 Å². The lowest BCUT2D eigenvalue weighted by Gasteiger charge is -2.26. The lowest BCUT2D eigenvalue weighted by molar-refractivity contribution is 0.0738. The molecule has 33 heavy (non-hydrogen) atoms. The first kappa shape index (κ1) is 23.0. The maximum Gasteiger partial charge on any atom is 0.256 e. The normalized spacial score (nSPS) is 17.0. The monoisotopic (exact) mass is 444 g/mol. The summed E-state index contributed by atoms with van der Waals surface area (Å²) in [5, 5.41) is 3.38. The molecule has 1 aliphatic heterocycles. The first-order valence-electron chi connectivity index (χ1n) is 11.9. The van der Waals surface area contributed by atoms with Crippen molar-refractivity contribution in [3.05, 3.63) is 101 Å². The SMILES string of the molecule is C=C(Nc1cccc2c1C(=O)N(CC1CCCCC1)C2)/C(=C/C=C/F)Cc1ccccc1C. The molecule has 1 heterocycles. The Balaban J connectivity index is 1.52. The van der Waals surface area contributed by atoms with Crippen LogP contribution in [0.15, 0.2) is 78.8 Å². The summed E-state index contributed by atoms with van der Waals surface area (Å²) >= 11 is 0. The molecule has 0 radical (unpaired) electrons. The molecule has 1 amide bonds. The number of nitrogens with one attached hydrogen (secondary N) is 1. The highest BCUT2D eigenvalue weighted by Crippen LogP contribution is 2.33. The van der Waals surface area contributed by atoms with Crippen LogP contribution in [0.5, 0.6) is 0 Å². The number of carbonyl (C=O) groups excluding carboxylic acids is 1. The van der Waals surface area contributed by atoms with Gasteiger partial charge in [-0.15, -0.1) is 0 Å². The van der Waals surface area contributed by atoms with Crippen LogP contribution in [-0.2, 0) is 13.0 Å². The molecule has 0 unspecified atom stereocenters. The Morgan fingerprint density at radius 1 is 1.15 bits per heavy atom. The summed E-state index contributed by atoms with van der Waals surface area (Å²) in [7, 11) is 0. The van der Waals surface area contributed by atoms with Gasteiger partial charge in [0.25, 0.3) is 5.91 Å². The highest BCUT2D eigenvalue weighted by molar-refractivity contribution is 6.03. The van der Waals surface area contributed by atoms with Crippen molar-refractivity contribution in [3.63, 3.8) is 0 Å². The molecule has 3 nitrogen and oxygen atoms in total. The maximum atomic E-state index is 13.3. The molecule has 2 aromatic carbocycles. The molecule has 172 valence electrons. The molecule has 2 aliphatic rings. The first-order chi connectivity index (χ1) is 16.1. The molecule has 1 saturated carbocycles. The van der Waals surface area contributed by atoms with Gasteiger partial charge in [-0.05, 0) is 66.5 Å². The van der Waals surface area contributed by atoms with Crippen LogP contribution in [-0.4, -0.2) is 17.4 Å². The fourth-order valence-electron chi connectivity index (χ4n) is 5.03. The molecule has 0 spiro atoms. The molecule has 1 fully saturated rings. The van der Waals surface area contributed by atoms with Gasteiger partial charge in [0.1, 0.15) is 0 Å². The second kappa shape index (κ2) is 10.7. The predicted octanol–water partition coefficient (Wildman–Crippen LogP) is 7.11. The van der Waals surface area contributed by atoms with E-state index in [1.54, 1.807) is 6.08 Å². The first-order valence-corrected chi connectivity index (χ1v) is 11.9. The molecule has 0 saturated heterocycles. The fourth-order valence-corrected chi connectivity index (χ4v) is 5.03. The predicted molar refractivity (Wildman–Crippen MR) is 134 cm³/mol. The number of aryl methyl sites for hydroxylation is 1. The fraction of sp³-hybridized carbons (Fsp3) is 0.345. The third kappa shape index (κ3) is 5.44. The number of hydrogen-bond acceptors (Lipinski definition) is 2. The van der Waals surface area contributed by atoms with E-state index < -0.39 is 0 Å². The quantitative estimate of drug-likeness (QED) is 0.440. The van der Waals surface area contributed by atoms with Crippen molar-refractivity contribution < 1.29 is 9.18 Å². The van der Waals surface area contributed by atoms with Crippen molar-refractivity contribution >= 4 is 11.6 Å². The summed E-state index contributed by atoms with van der Waals surface area (Å²) in [6.07, 6.45) is 10.6. The lowest BCUT2D eigenvalue weighted by atomic mass is 9.89. The Bertz CT molecular complexity index is 1080. The maximum absolute atomic E-state index is 13.3.